The number of aromatic nitrogens is 3. The SMILES string of the molecule is NC(=O)c1ccc(-c2cn3ccnc3c(Nc3ccc(CO)cc3)n2)cc1. The third-order valence-corrected chi connectivity index (χ3v) is 4.24. The first-order valence-corrected chi connectivity index (χ1v) is 8.35. The molecule has 0 bridgehead atoms. The monoisotopic (exact) mass is 359 g/mol. The van der Waals surface area contributed by atoms with E-state index >= 15 is 0 Å². The highest BCUT2D eigenvalue weighted by Gasteiger charge is 2.10. The van der Waals surface area contributed by atoms with Crippen LogP contribution in [0.3, 0.4) is 0 Å². The molecule has 7 nitrogen and oxygen atoms in total. The van der Waals surface area contributed by atoms with Gasteiger partial charge in [-0.2, -0.15) is 0 Å². The van der Waals surface area contributed by atoms with Gasteiger partial charge in [-0.15, -0.1) is 0 Å². The van der Waals surface area contributed by atoms with Crippen LogP contribution in [0.1, 0.15) is 15.9 Å². The molecule has 0 aliphatic heterocycles. The first-order valence-electron chi connectivity index (χ1n) is 8.35. The van der Waals surface area contributed by atoms with Gasteiger partial charge in [0.1, 0.15) is 0 Å². The number of nitrogens with two attached hydrogens (primary N) is 1. The highest BCUT2D eigenvalue weighted by molar-refractivity contribution is 5.93. The summed E-state index contributed by atoms with van der Waals surface area (Å²) in [7, 11) is 0. The molecule has 4 aromatic rings. The minimum atomic E-state index is -0.465. The lowest BCUT2D eigenvalue weighted by Gasteiger charge is -2.10. The Hall–Kier alpha value is -3.71. The van der Waals surface area contributed by atoms with Crippen molar-refractivity contribution >= 4 is 23.1 Å². The van der Waals surface area contributed by atoms with Crippen LogP contribution in [0.5, 0.6) is 0 Å². The van der Waals surface area contributed by atoms with E-state index in [-0.39, 0.29) is 6.61 Å². The third kappa shape index (κ3) is 3.36. The van der Waals surface area contributed by atoms with Crippen LogP contribution in [-0.2, 0) is 6.61 Å². The zero-order valence-corrected chi connectivity index (χ0v) is 14.3. The average Bonchev–Trinajstić information content (AvgIpc) is 3.17. The zero-order valence-electron chi connectivity index (χ0n) is 14.3. The second-order valence-electron chi connectivity index (χ2n) is 6.05. The lowest BCUT2D eigenvalue weighted by atomic mass is 10.1. The first-order chi connectivity index (χ1) is 13.1. The van der Waals surface area contributed by atoms with E-state index in [0.717, 1.165) is 22.5 Å². The standard InChI is InChI=1S/C20H17N5O2/c21-18(27)15-5-3-14(4-6-15)17-11-25-10-9-22-20(25)19(24-17)23-16-7-1-13(12-26)2-8-16/h1-11,26H,12H2,(H2,21,27)(H,23,24). The maximum atomic E-state index is 11.3. The molecular formula is C20H17N5O2. The Morgan fingerprint density at radius 3 is 2.52 bits per heavy atom. The van der Waals surface area contributed by atoms with Crippen LogP contribution in [-0.4, -0.2) is 25.4 Å². The van der Waals surface area contributed by atoms with Gasteiger partial charge < -0.3 is 20.6 Å². The van der Waals surface area contributed by atoms with E-state index < -0.39 is 5.91 Å². The largest absolute Gasteiger partial charge is 0.392 e. The summed E-state index contributed by atoms with van der Waals surface area (Å²) in [6.07, 6.45) is 5.43. The van der Waals surface area contributed by atoms with Crippen LogP contribution in [0.2, 0.25) is 0 Å². The Balaban J connectivity index is 1.73. The van der Waals surface area contributed by atoms with Crippen LogP contribution >= 0.6 is 0 Å². The molecule has 134 valence electrons. The van der Waals surface area contributed by atoms with Gasteiger partial charge in [-0.1, -0.05) is 24.3 Å². The molecule has 0 saturated carbocycles. The molecule has 0 radical (unpaired) electrons. The summed E-state index contributed by atoms with van der Waals surface area (Å²) in [5, 5.41) is 12.4. The summed E-state index contributed by atoms with van der Waals surface area (Å²) >= 11 is 0. The van der Waals surface area contributed by atoms with E-state index in [1.807, 2.05) is 53.2 Å². The molecule has 0 atom stereocenters. The molecule has 2 heterocycles. The molecule has 0 fully saturated rings. The number of nitrogens with zero attached hydrogens (tertiary/aromatic N) is 3. The Morgan fingerprint density at radius 1 is 1.11 bits per heavy atom. The van der Waals surface area contributed by atoms with Gasteiger partial charge in [-0.3, -0.25) is 4.79 Å². The predicted molar refractivity (Wildman–Crippen MR) is 103 cm³/mol. The summed E-state index contributed by atoms with van der Waals surface area (Å²) < 4.78 is 1.88. The fourth-order valence-corrected chi connectivity index (χ4v) is 2.79. The second kappa shape index (κ2) is 6.89. The number of nitrogens with one attached hydrogen (secondary N) is 1. The van der Waals surface area contributed by atoms with Gasteiger partial charge in [-0.05, 0) is 29.8 Å². The maximum absolute atomic E-state index is 11.3. The van der Waals surface area contributed by atoms with Gasteiger partial charge in [0, 0.05) is 35.4 Å². The van der Waals surface area contributed by atoms with Crippen LogP contribution in [0.4, 0.5) is 11.5 Å². The molecule has 27 heavy (non-hydrogen) atoms. The van der Waals surface area contributed by atoms with Crippen molar-refractivity contribution in [1.82, 2.24) is 14.4 Å². The summed E-state index contributed by atoms with van der Waals surface area (Å²) in [6, 6.07) is 14.4. The lowest BCUT2D eigenvalue weighted by Crippen LogP contribution is -2.10. The number of hydrogen-bond donors (Lipinski definition) is 3. The summed E-state index contributed by atoms with van der Waals surface area (Å²) in [6.45, 7) is -0.000182. The van der Waals surface area contributed by atoms with Gasteiger partial charge >= 0.3 is 0 Å². The maximum Gasteiger partial charge on any atom is 0.248 e. The molecule has 0 unspecified atom stereocenters. The summed E-state index contributed by atoms with van der Waals surface area (Å²) in [4.78, 5) is 20.3. The molecule has 0 aliphatic rings. The minimum absolute atomic E-state index is 0.000182. The number of aliphatic hydroxyl groups is 1. The van der Waals surface area contributed by atoms with Crippen molar-refractivity contribution in [3.05, 3.63) is 78.2 Å². The fourth-order valence-electron chi connectivity index (χ4n) is 2.79. The van der Waals surface area contributed by atoms with Gasteiger partial charge in [-0.25, -0.2) is 9.97 Å². The Kier molecular flexibility index (Phi) is 4.27. The molecule has 2 aromatic heterocycles. The van der Waals surface area contributed by atoms with E-state index in [2.05, 4.69) is 10.3 Å². The van der Waals surface area contributed by atoms with Crippen LogP contribution in [0.25, 0.3) is 16.9 Å². The normalized spacial score (nSPS) is 10.9. The predicted octanol–water partition coefficient (Wildman–Crippen LogP) is 2.73. The zero-order chi connectivity index (χ0) is 18.8. The van der Waals surface area contributed by atoms with Gasteiger partial charge in [0.2, 0.25) is 5.91 Å². The Labute approximate surface area is 155 Å². The van der Waals surface area contributed by atoms with Crippen molar-refractivity contribution in [2.75, 3.05) is 5.32 Å². The quantitative estimate of drug-likeness (QED) is 0.508. The smallest absolute Gasteiger partial charge is 0.248 e. The third-order valence-electron chi connectivity index (χ3n) is 4.24. The van der Waals surface area contributed by atoms with E-state index in [9.17, 15) is 9.90 Å². The first kappa shape index (κ1) is 16.7. The molecule has 4 rings (SSSR count). The molecule has 0 saturated heterocycles. The number of fused-ring (bicyclic) bond motifs is 1. The number of aliphatic hydroxyl groups excluding tert-OH is 1. The molecule has 7 heteroatoms. The number of imidazole rings is 1. The summed E-state index contributed by atoms with van der Waals surface area (Å²) in [5.74, 6) is 0.140. The van der Waals surface area contributed by atoms with Crippen molar-refractivity contribution in [3.63, 3.8) is 0 Å². The molecular weight excluding hydrogens is 342 g/mol. The second-order valence-corrected chi connectivity index (χ2v) is 6.05. The number of rotatable bonds is 5. The molecule has 2 aromatic carbocycles. The van der Waals surface area contributed by atoms with E-state index in [4.69, 9.17) is 10.7 Å². The molecule has 0 spiro atoms. The topological polar surface area (TPSA) is 106 Å². The number of primary amides is 1. The molecule has 0 aliphatic carbocycles. The van der Waals surface area contributed by atoms with Crippen molar-refractivity contribution in [2.24, 2.45) is 5.73 Å². The number of carbonyl (C=O) groups excluding carboxylic acids is 1. The van der Waals surface area contributed by atoms with Crippen molar-refractivity contribution < 1.29 is 9.90 Å². The number of anilines is 2. The van der Waals surface area contributed by atoms with Gasteiger partial charge in [0.05, 0.1) is 12.3 Å². The lowest BCUT2D eigenvalue weighted by molar-refractivity contribution is 0.100. The van der Waals surface area contributed by atoms with Crippen LogP contribution in [0, 0.1) is 0 Å². The van der Waals surface area contributed by atoms with E-state index in [1.165, 1.54) is 0 Å². The van der Waals surface area contributed by atoms with Crippen molar-refractivity contribution in [3.8, 4) is 11.3 Å². The fraction of sp³-hybridized carbons (Fsp3) is 0.0500. The molecule has 4 N–H and O–H groups in total. The number of benzene rings is 2. The molecule has 1 amide bonds. The highest BCUT2D eigenvalue weighted by atomic mass is 16.3. The van der Waals surface area contributed by atoms with E-state index in [0.29, 0.717) is 17.0 Å². The number of hydrogen-bond acceptors (Lipinski definition) is 5. The van der Waals surface area contributed by atoms with E-state index in [1.54, 1.807) is 18.3 Å². The number of carbonyl (C=O) groups is 1. The average molecular weight is 359 g/mol. The van der Waals surface area contributed by atoms with Crippen molar-refractivity contribution in [1.29, 1.82) is 0 Å². The minimum Gasteiger partial charge on any atom is -0.392 e. The van der Waals surface area contributed by atoms with Crippen LogP contribution in [0.15, 0.2) is 67.1 Å². The summed E-state index contributed by atoms with van der Waals surface area (Å²) in [5.41, 5.74) is 9.70. The van der Waals surface area contributed by atoms with Crippen molar-refractivity contribution in [2.45, 2.75) is 6.61 Å². The van der Waals surface area contributed by atoms with Crippen LogP contribution < -0.4 is 11.1 Å². The van der Waals surface area contributed by atoms with Gasteiger partial charge in [0.25, 0.3) is 0 Å². The Morgan fingerprint density at radius 2 is 1.85 bits per heavy atom. The number of amides is 1. The highest BCUT2D eigenvalue weighted by Crippen LogP contribution is 2.25. The Bertz CT molecular complexity index is 1100. The van der Waals surface area contributed by atoms with Gasteiger partial charge in [0.15, 0.2) is 11.5 Å².